The van der Waals surface area contributed by atoms with Gasteiger partial charge in [-0.3, -0.25) is 14.9 Å². The molecule has 0 bridgehead atoms. The molecule has 0 aliphatic rings. The maximum atomic E-state index is 12.3. The minimum atomic E-state index is -0.830. The van der Waals surface area contributed by atoms with Gasteiger partial charge in [0.05, 0.1) is 15.1 Å². The Balaban J connectivity index is 1.72. The van der Waals surface area contributed by atoms with Gasteiger partial charge in [0.2, 0.25) is 5.12 Å². The van der Waals surface area contributed by atoms with Crippen molar-refractivity contribution in [2.45, 2.75) is 17.4 Å². The summed E-state index contributed by atoms with van der Waals surface area (Å²) >= 11 is 2.41. The number of para-hydroxylation sites is 3. The summed E-state index contributed by atoms with van der Waals surface area (Å²) in [5, 5.41) is 10.7. The van der Waals surface area contributed by atoms with Crippen LogP contribution in [0.1, 0.15) is 6.92 Å². The number of nitro groups is 1. The normalized spacial score (nSPS) is 12.0. The van der Waals surface area contributed by atoms with Gasteiger partial charge in [0.1, 0.15) is 0 Å². The molecular weight excluding hydrogens is 348 g/mol. The highest BCUT2D eigenvalue weighted by Gasteiger charge is 2.22. The highest BCUT2D eigenvalue weighted by molar-refractivity contribution is 8.15. The smallest absolute Gasteiger partial charge is 0.310 e. The van der Waals surface area contributed by atoms with Gasteiger partial charge in [-0.2, -0.15) is 0 Å². The summed E-state index contributed by atoms with van der Waals surface area (Å²) in [6, 6.07) is 13.6. The second-order valence-electron chi connectivity index (χ2n) is 4.85. The van der Waals surface area contributed by atoms with Gasteiger partial charge in [-0.05, 0) is 36.9 Å². The monoisotopic (exact) mass is 360 g/mol. The number of ether oxygens (including phenoxy) is 1. The fraction of sp³-hybridized carbons (Fsp3) is 0.125. The number of nitrogens with zero attached hydrogens (tertiary/aromatic N) is 2. The van der Waals surface area contributed by atoms with Crippen molar-refractivity contribution in [2.24, 2.45) is 0 Å². The molecule has 3 aromatic rings. The zero-order valence-electron chi connectivity index (χ0n) is 12.5. The Hall–Kier alpha value is -2.45. The lowest BCUT2D eigenvalue weighted by Gasteiger charge is -2.12. The average Bonchev–Trinajstić information content (AvgIpc) is 2.97. The zero-order valence-corrected chi connectivity index (χ0v) is 14.2. The summed E-state index contributed by atoms with van der Waals surface area (Å²) in [5.41, 5.74) is 0.673. The molecule has 1 aromatic heterocycles. The van der Waals surface area contributed by atoms with Crippen molar-refractivity contribution < 1.29 is 14.5 Å². The maximum absolute atomic E-state index is 12.3. The maximum Gasteiger partial charge on any atom is 0.310 e. The van der Waals surface area contributed by atoms with E-state index in [1.54, 1.807) is 19.1 Å². The largest absolute Gasteiger partial charge is 0.475 e. The van der Waals surface area contributed by atoms with Gasteiger partial charge in [0, 0.05) is 6.07 Å². The third-order valence-electron chi connectivity index (χ3n) is 3.16. The van der Waals surface area contributed by atoms with Crippen molar-refractivity contribution in [3.05, 3.63) is 58.6 Å². The lowest BCUT2D eigenvalue weighted by molar-refractivity contribution is -0.386. The minimum absolute atomic E-state index is 0.0771. The molecule has 3 rings (SSSR count). The predicted molar refractivity (Wildman–Crippen MR) is 93.7 cm³/mol. The van der Waals surface area contributed by atoms with Gasteiger partial charge in [-0.15, -0.1) is 11.3 Å². The Morgan fingerprint density at radius 1 is 1.25 bits per heavy atom. The zero-order chi connectivity index (χ0) is 17.1. The van der Waals surface area contributed by atoms with Crippen LogP contribution in [0, 0.1) is 10.1 Å². The first-order valence-electron chi connectivity index (χ1n) is 7.02. The van der Waals surface area contributed by atoms with Crippen molar-refractivity contribution in [3.63, 3.8) is 0 Å². The van der Waals surface area contributed by atoms with E-state index in [0.717, 1.165) is 22.0 Å². The molecule has 0 saturated carbocycles. The van der Waals surface area contributed by atoms with Gasteiger partial charge in [-0.1, -0.05) is 24.3 Å². The molecule has 0 amide bonds. The predicted octanol–water partition coefficient (Wildman–Crippen LogP) is 4.29. The molecule has 8 heteroatoms. The number of aromatic nitrogens is 1. The van der Waals surface area contributed by atoms with Crippen LogP contribution in [0.5, 0.6) is 5.75 Å². The topological polar surface area (TPSA) is 82.3 Å². The van der Waals surface area contributed by atoms with Gasteiger partial charge in [0.25, 0.3) is 0 Å². The van der Waals surface area contributed by atoms with E-state index in [2.05, 4.69) is 4.98 Å². The molecule has 24 heavy (non-hydrogen) atoms. The number of rotatable bonds is 5. The van der Waals surface area contributed by atoms with E-state index < -0.39 is 11.0 Å². The molecule has 1 unspecified atom stereocenters. The first-order valence-corrected chi connectivity index (χ1v) is 8.65. The van der Waals surface area contributed by atoms with E-state index in [4.69, 9.17) is 4.74 Å². The summed E-state index contributed by atoms with van der Waals surface area (Å²) in [6.07, 6.45) is -0.830. The van der Waals surface area contributed by atoms with Crippen LogP contribution in [0.3, 0.4) is 0 Å². The molecule has 0 N–H and O–H groups in total. The number of thioether (sulfide) groups is 1. The number of nitro benzene ring substituents is 1. The van der Waals surface area contributed by atoms with Gasteiger partial charge >= 0.3 is 5.69 Å². The van der Waals surface area contributed by atoms with Crippen LogP contribution in [0.2, 0.25) is 0 Å². The van der Waals surface area contributed by atoms with E-state index in [1.165, 1.54) is 23.5 Å². The lowest BCUT2D eigenvalue weighted by Crippen LogP contribution is -2.21. The molecule has 0 aliphatic carbocycles. The van der Waals surface area contributed by atoms with Crippen molar-refractivity contribution in [1.29, 1.82) is 0 Å². The average molecular weight is 360 g/mol. The fourth-order valence-corrected chi connectivity index (χ4v) is 3.92. The van der Waals surface area contributed by atoms with Crippen molar-refractivity contribution in [2.75, 3.05) is 0 Å². The number of thiazole rings is 1. The Labute approximate surface area is 145 Å². The molecule has 6 nitrogen and oxygen atoms in total. The van der Waals surface area contributed by atoms with Gasteiger partial charge in [-0.25, -0.2) is 4.98 Å². The number of carbonyl (C=O) groups excluding carboxylic acids is 1. The van der Waals surface area contributed by atoms with Gasteiger partial charge in [0.15, 0.2) is 16.2 Å². The summed E-state index contributed by atoms with van der Waals surface area (Å²) < 4.78 is 7.10. The number of hydrogen-bond donors (Lipinski definition) is 0. The Kier molecular flexibility index (Phi) is 4.77. The fourth-order valence-electron chi connectivity index (χ4n) is 2.01. The van der Waals surface area contributed by atoms with Crippen LogP contribution < -0.4 is 4.74 Å². The van der Waals surface area contributed by atoms with Crippen molar-refractivity contribution in [1.82, 2.24) is 4.98 Å². The molecule has 122 valence electrons. The van der Waals surface area contributed by atoms with Crippen LogP contribution >= 0.6 is 23.1 Å². The third kappa shape index (κ3) is 3.55. The summed E-state index contributed by atoms with van der Waals surface area (Å²) in [6.45, 7) is 1.57. The Morgan fingerprint density at radius 3 is 2.71 bits per heavy atom. The summed E-state index contributed by atoms with van der Waals surface area (Å²) in [7, 11) is 0. The SMILES string of the molecule is CC(Oc1ccccc1[N+](=O)[O-])C(=O)Sc1nc2ccccc2s1. The molecular formula is C16H12N2O4S2. The van der Waals surface area contributed by atoms with E-state index in [0.29, 0.717) is 4.34 Å². The first-order chi connectivity index (χ1) is 11.5. The molecule has 1 atom stereocenters. The highest BCUT2D eigenvalue weighted by Crippen LogP contribution is 2.32. The highest BCUT2D eigenvalue weighted by atomic mass is 32.2. The quantitative estimate of drug-likeness (QED) is 0.383. The van der Waals surface area contributed by atoms with Crippen LogP contribution in [-0.2, 0) is 4.79 Å². The molecule has 2 aromatic carbocycles. The van der Waals surface area contributed by atoms with Crippen molar-refractivity contribution in [3.8, 4) is 5.75 Å². The molecule has 0 saturated heterocycles. The molecule has 1 heterocycles. The number of fused-ring (bicyclic) bond motifs is 1. The minimum Gasteiger partial charge on any atom is -0.475 e. The number of carbonyl (C=O) groups is 1. The van der Waals surface area contributed by atoms with E-state index in [9.17, 15) is 14.9 Å². The molecule has 0 fully saturated rings. The Bertz CT molecular complexity index is 877. The summed E-state index contributed by atoms with van der Waals surface area (Å²) in [5.74, 6) is 0.0771. The van der Waals surface area contributed by atoms with Gasteiger partial charge < -0.3 is 4.74 Å². The van der Waals surface area contributed by atoms with Crippen molar-refractivity contribution >= 4 is 44.1 Å². The van der Waals surface area contributed by atoms with Crippen LogP contribution in [0.15, 0.2) is 52.9 Å². The molecule has 0 spiro atoms. The first kappa shape index (κ1) is 16.4. The Morgan fingerprint density at radius 2 is 1.96 bits per heavy atom. The summed E-state index contributed by atoms with van der Waals surface area (Å²) in [4.78, 5) is 27.2. The van der Waals surface area contributed by atoms with E-state index in [1.807, 2.05) is 24.3 Å². The number of benzene rings is 2. The third-order valence-corrected chi connectivity index (χ3v) is 5.29. The molecule has 0 aliphatic heterocycles. The van der Waals surface area contributed by atoms with E-state index >= 15 is 0 Å². The number of hydrogen-bond acceptors (Lipinski definition) is 7. The second-order valence-corrected chi connectivity index (χ2v) is 7.14. The lowest BCUT2D eigenvalue weighted by atomic mass is 10.3. The molecule has 0 radical (unpaired) electrons. The van der Waals surface area contributed by atoms with Crippen LogP contribution in [-0.4, -0.2) is 21.1 Å². The van der Waals surface area contributed by atoms with Crippen LogP contribution in [0.25, 0.3) is 10.2 Å². The second kappa shape index (κ2) is 6.98. The standard InChI is InChI=1S/C16H12N2O4S2/c1-10(22-13-8-4-3-7-12(13)18(20)21)15(19)24-16-17-11-6-2-5-9-14(11)23-16/h2-10H,1H3. The van der Waals surface area contributed by atoms with E-state index in [-0.39, 0.29) is 16.6 Å². The van der Waals surface area contributed by atoms with Crippen LogP contribution in [0.4, 0.5) is 5.69 Å².